The Morgan fingerprint density at radius 1 is 0.800 bits per heavy atom. The summed E-state index contributed by atoms with van der Waals surface area (Å²) in [4.78, 5) is 0. The average Bonchev–Trinajstić information content (AvgIpc) is 2.46. The molecule has 0 amide bonds. The Kier molecular flexibility index (Phi) is 2.44. The van der Waals surface area contributed by atoms with Crippen LogP contribution >= 0.6 is 0 Å². The van der Waals surface area contributed by atoms with Gasteiger partial charge in [0, 0.05) is 0 Å². The fraction of sp³-hybridized carbons (Fsp3) is 0.300. The minimum Gasteiger partial charge on any atom is -0.0838 e. The highest BCUT2D eigenvalue weighted by molar-refractivity contribution is 5.77. The van der Waals surface area contributed by atoms with E-state index in [1.807, 2.05) is 0 Å². The smallest absolute Gasteiger partial charge is 0.00539 e. The molecule has 0 unspecified atom stereocenters. The quantitative estimate of drug-likeness (QED) is 0.594. The largest absolute Gasteiger partial charge is 0.0838 e. The number of rotatable bonds is 0. The molecule has 0 spiro atoms. The van der Waals surface area contributed by atoms with Gasteiger partial charge >= 0.3 is 0 Å². The summed E-state index contributed by atoms with van der Waals surface area (Å²) in [6, 6.07) is 13.6. The summed E-state index contributed by atoms with van der Waals surface area (Å²) < 4.78 is 0. The first-order valence-electron chi connectivity index (χ1n) is 7.55. The van der Waals surface area contributed by atoms with Gasteiger partial charge in [-0.3, -0.25) is 0 Å². The normalized spacial score (nSPS) is 18.1. The number of fused-ring (bicyclic) bond motifs is 5. The van der Waals surface area contributed by atoms with Gasteiger partial charge in [0.05, 0.1) is 0 Å². The van der Waals surface area contributed by atoms with E-state index in [2.05, 4.69) is 62.4 Å². The minimum atomic E-state index is 0.236. The van der Waals surface area contributed by atoms with Crippen molar-refractivity contribution in [3.8, 4) is 11.1 Å². The topological polar surface area (TPSA) is 0 Å². The fourth-order valence-corrected chi connectivity index (χ4v) is 4.03. The molecule has 0 aliphatic heterocycles. The van der Waals surface area contributed by atoms with Crippen LogP contribution in [0.25, 0.3) is 11.1 Å². The molecule has 0 radical (unpaired) electrons. The maximum atomic E-state index is 2.40. The van der Waals surface area contributed by atoms with Crippen LogP contribution in [0, 0.1) is 0 Å². The Morgan fingerprint density at radius 2 is 1.60 bits per heavy atom. The lowest BCUT2D eigenvalue weighted by Crippen LogP contribution is -2.28. The monoisotopic (exact) mass is 260 g/mol. The summed E-state index contributed by atoms with van der Waals surface area (Å²) in [7, 11) is 0. The van der Waals surface area contributed by atoms with Crippen LogP contribution in [0.1, 0.15) is 36.1 Å². The van der Waals surface area contributed by atoms with Gasteiger partial charge in [-0.05, 0) is 58.1 Å². The zero-order valence-corrected chi connectivity index (χ0v) is 12.2. The molecule has 4 rings (SSSR count). The summed E-state index contributed by atoms with van der Waals surface area (Å²) in [5.41, 5.74) is 9.35. The van der Waals surface area contributed by atoms with Crippen molar-refractivity contribution in [3.63, 3.8) is 0 Å². The maximum Gasteiger partial charge on any atom is -0.00539 e. The Labute approximate surface area is 121 Å². The lowest BCUT2D eigenvalue weighted by molar-refractivity contribution is 0.512. The average molecular weight is 260 g/mol. The van der Waals surface area contributed by atoms with E-state index in [4.69, 9.17) is 0 Å². The van der Waals surface area contributed by atoms with Gasteiger partial charge in [0.15, 0.2) is 0 Å². The minimum absolute atomic E-state index is 0.236. The Balaban J connectivity index is 2.05. The van der Waals surface area contributed by atoms with Crippen molar-refractivity contribution in [2.24, 2.45) is 0 Å². The highest BCUT2D eigenvalue weighted by Crippen LogP contribution is 2.46. The van der Waals surface area contributed by atoms with Crippen molar-refractivity contribution in [1.29, 1.82) is 0 Å². The second kappa shape index (κ2) is 4.09. The summed E-state index contributed by atoms with van der Waals surface area (Å²) in [5, 5.41) is 0. The van der Waals surface area contributed by atoms with Gasteiger partial charge in [-0.25, -0.2) is 0 Å². The van der Waals surface area contributed by atoms with Gasteiger partial charge in [-0.1, -0.05) is 62.4 Å². The summed E-state index contributed by atoms with van der Waals surface area (Å²) in [6.45, 7) is 4.81. The first kappa shape index (κ1) is 12.0. The van der Waals surface area contributed by atoms with Gasteiger partial charge in [0.25, 0.3) is 0 Å². The number of allylic oxidation sites excluding steroid dienone is 2. The molecule has 0 fully saturated rings. The van der Waals surface area contributed by atoms with E-state index >= 15 is 0 Å². The van der Waals surface area contributed by atoms with Crippen LogP contribution in [0.3, 0.4) is 0 Å². The number of hydrogen-bond donors (Lipinski definition) is 0. The predicted octanol–water partition coefficient (Wildman–Crippen LogP) is 4.84. The van der Waals surface area contributed by atoms with E-state index in [0.29, 0.717) is 0 Å². The fourth-order valence-electron chi connectivity index (χ4n) is 4.03. The highest BCUT2D eigenvalue weighted by Gasteiger charge is 2.33. The van der Waals surface area contributed by atoms with Gasteiger partial charge in [0.1, 0.15) is 0 Å². The van der Waals surface area contributed by atoms with Crippen molar-refractivity contribution in [2.45, 2.75) is 38.5 Å². The standard InChI is InChI=1S/C20H20/c1-20(2)13-15-8-4-5-9-16(15)18-12-11-14-7-3-6-10-17(14)19(18)20/h3-6,8-9,11-12H,7,10,13H2,1-2H3. The van der Waals surface area contributed by atoms with Gasteiger partial charge in [-0.2, -0.15) is 0 Å². The highest BCUT2D eigenvalue weighted by atomic mass is 14.4. The molecule has 0 nitrogen and oxygen atoms in total. The van der Waals surface area contributed by atoms with Crippen LogP contribution in [0.4, 0.5) is 0 Å². The molecule has 0 atom stereocenters. The molecule has 0 saturated heterocycles. The van der Waals surface area contributed by atoms with Crippen LogP contribution in [0.5, 0.6) is 0 Å². The third kappa shape index (κ3) is 1.61. The van der Waals surface area contributed by atoms with Crippen LogP contribution in [0.2, 0.25) is 0 Å². The van der Waals surface area contributed by atoms with E-state index in [1.54, 1.807) is 11.1 Å². The van der Waals surface area contributed by atoms with E-state index in [-0.39, 0.29) is 5.41 Å². The lowest BCUT2D eigenvalue weighted by atomic mass is 9.67. The molecule has 0 heterocycles. The molecule has 0 bridgehead atoms. The van der Waals surface area contributed by atoms with Crippen LogP contribution in [-0.2, 0) is 24.7 Å². The molecule has 2 aliphatic rings. The lowest BCUT2D eigenvalue weighted by Gasteiger charge is -2.37. The summed E-state index contributed by atoms with van der Waals surface area (Å²) in [5.74, 6) is 0. The van der Waals surface area contributed by atoms with Gasteiger partial charge in [0.2, 0.25) is 0 Å². The molecule has 2 aliphatic carbocycles. The SMILES string of the molecule is CC1(C)Cc2ccccc2-c2ccc3c(c21)CC=CC3. The van der Waals surface area contributed by atoms with Gasteiger partial charge in [-0.15, -0.1) is 0 Å². The first-order valence-corrected chi connectivity index (χ1v) is 7.55. The second-order valence-electron chi connectivity index (χ2n) is 6.72. The van der Waals surface area contributed by atoms with E-state index in [9.17, 15) is 0 Å². The summed E-state index contributed by atoms with van der Waals surface area (Å²) in [6.07, 6.45) is 7.98. The van der Waals surface area contributed by atoms with Crippen LogP contribution in [0.15, 0.2) is 48.6 Å². The number of hydrogen-bond acceptors (Lipinski definition) is 0. The predicted molar refractivity (Wildman–Crippen MR) is 85.2 cm³/mol. The maximum absolute atomic E-state index is 2.40. The molecule has 2 aromatic carbocycles. The molecule has 0 N–H and O–H groups in total. The van der Waals surface area contributed by atoms with Gasteiger partial charge < -0.3 is 0 Å². The van der Waals surface area contributed by atoms with Crippen LogP contribution in [-0.4, -0.2) is 0 Å². The molecule has 20 heavy (non-hydrogen) atoms. The van der Waals surface area contributed by atoms with Crippen LogP contribution < -0.4 is 0 Å². The summed E-state index contributed by atoms with van der Waals surface area (Å²) >= 11 is 0. The first-order chi connectivity index (χ1) is 9.67. The van der Waals surface area contributed by atoms with Crippen molar-refractivity contribution in [2.75, 3.05) is 0 Å². The zero-order valence-electron chi connectivity index (χ0n) is 12.2. The third-order valence-corrected chi connectivity index (χ3v) is 4.85. The molecular formula is C20H20. The Hall–Kier alpha value is -1.82. The molecular weight excluding hydrogens is 240 g/mol. The third-order valence-electron chi connectivity index (χ3n) is 4.85. The molecule has 2 aromatic rings. The van der Waals surface area contributed by atoms with Crippen molar-refractivity contribution < 1.29 is 0 Å². The Bertz CT molecular complexity index is 717. The molecule has 0 saturated carbocycles. The van der Waals surface area contributed by atoms with Crippen molar-refractivity contribution in [3.05, 3.63) is 70.8 Å². The molecule has 100 valence electrons. The zero-order chi connectivity index (χ0) is 13.7. The second-order valence-corrected chi connectivity index (χ2v) is 6.72. The Morgan fingerprint density at radius 3 is 2.50 bits per heavy atom. The van der Waals surface area contributed by atoms with Crippen molar-refractivity contribution in [1.82, 2.24) is 0 Å². The van der Waals surface area contributed by atoms with E-state index in [0.717, 1.165) is 19.3 Å². The van der Waals surface area contributed by atoms with E-state index < -0.39 is 0 Å². The van der Waals surface area contributed by atoms with Crippen molar-refractivity contribution >= 4 is 0 Å². The molecule has 0 heteroatoms. The van der Waals surface area contributed by atoms with E-state index in [1.165, 1.54) is 22.3 Å². The number of benzene rings is 2. The molecule has 0 aromatic heterocycles.